The molecular weight excluding hydrogens is 459 g/mol. The van der Waals surface area contributed by atoms with Gasteiger partial charge < -0.3 is 14.5 Å². The highest BCUT2D eigenvalue weighted by atomic mass is 19.3. The number of carbonyl (C=O) groups is 1. The molecule has 35 heavy (non-hydrogen) atoms. The maximum Gasteiger partial charge on any atom is 0.333 e. The van der Waals surface area contributed by atoms with Crippen molar-refractivity contribution in [1.82, 2.24) is 19.7 Å². The van der Waals surface area contributed by atoms with Crippen LogP contribution in [-0.2, 0) is 9.53 Å². The second-order valence-corrected chi connectivity index (χ2v) is 9.27. The molecule has 3 aliphatic rings. The molecule has 10 heteroatoms. The van der Waals surface area contributed by atoms with E-state index in [9.17, 15) is 18.0 Å². The van der Waals surface area contributed by atoms with Crippen LogP contribution in [0.2, 0.25) is 0 Å². The van der Waals surface area contributed by atoms with Crippen LogP contribution in [0.1, 0.15) is 43.8 Å². The Kier molecular flexibility index (Phi) is 5.28. The molecule has 1 spiro atoms. The molecule has 3 fully saturated rings. The number of halogens is 3. The molecule has 0 N–H and O–H groups in total. The van der Waals surface area contributed by atoms with Crippen molar-refractivity contribution in [1.29, 1.82) is 0 Å². The Hall–Kier alpha value is -3.40. The van der Waals surface area contributed by atoms with E-state index in [1.807, 2.05) is 12.1 Å². The summed E-state index contributed by atoms with van der Waals surface area (Å²) in [5.74, 6) is -0.350. The van der Waals surface area contributed by atoms with Crippen LogP contribution in [0, 0.1) is 5.82 Å². The molecule has 5 heterocycles. The summed E-state index contributed by atoms with van der Waals surface area (Å²) >= 11 is 0. The Morgan fingerprint density at radius 3 is 2.66 bits per heavy atom. The number of rotatable bonds is 4. The van der Waals surface area contributed by atoms with Crippen LogP contribution in [0.3, 0.4) is 0 Å². The lowest BCUT2D eigenvalue weighted by atomic mass is 9.89. The summed E-state index contributed by atoms with van der Waals surface area (Å²) in [5, 5.41) is 3.68. The third kappa shape index (κ3) is 3.67. The van der Waals surface area contributed by atoms with E-state index in [2.05, 4.69) is 15.0 Å². The largest absolute Gasteiger partial charge is 0.371 e. The van der Waals surface area contributed by atoms with Gasteiger partial charge in [0.05, 0.1) is 17.9 Å². The molecule has 0 radical (unpaired) electrons. The topological polar surface area (TPSA) is 63.5 Å². The molecule has 3 aliphatic heterocycles. The van der Waals surface area contributed by atoms with Crippen molar-refractivity contribution < 1.29 is 22.7 Å². The van der Waals surface area contributed by atoms with Crippen LogP contribution in [-0.4, -0.2) is 50.5 Å². The van der Waals surface area contributed by atoms with Gasteiger partial charge in [-0.05, 0) is 31.0 Å². The number of hydrogen-bond donors (Lipinski definition) is 0. The molecule has 0 saturated carbocycles. The Morgan fingerprint density at radius 1 is 1.11 bits per heavy atom. The Morgan fingerprint density at radius 2 is 1.91 bits per heavy atom. The number of anilines is 1. The monoisotopic (exact) mass is 483 g/mol. The van der Waals surface area contributed by atoms with Crippen molar-refractivity contribution in [3.8, 4) is 11.3 Å². The lowest BCUT2D eigenvalue weighted by Crippen LogP contribution is -2.50. The fourth-order valence-electron chi connectivity index (χ4n) is 5.57. The fraction of sp³-hybridized carbons (Fsp3) is 0.400. The van der Waals surface area contributed by atoms with Crippen molar-refractivity contribution in [3.05, 3.63) is 66.4 Å². The average Bonchev–Trinajstić information content (AvgIpc) is 3.57. The molecule has 6 rings (SSSR count). The molecule has 0 unspecified atom stereocenters. The minimum atomic E-state index is -2.71. The van der Waals surface area contributed by atoms with Gasteiger partial charge >= 0.3 is 6.55 Å². The first kappa shape index (κ1) is 22.1. The van der Waals surface area contributed by atoms with E-state index in [0.717, 1.165) is 5.69 Å². The highest BCUT2D eigenvalue weighted by Gasteiger charge is 2.58. The highest BCUT2D eigenvalue weighted by molar-refractivity contribution is 5.88. The second kappa shape index (κ2) is 8.37. The van der Waals surface area contributed by atoms with E-state index in [1.165, 1.54) is 18.5 Å². The minimum Gasteiger partial charge on any atom is -0.371 e. The molecule has 0 bridgehead atoms. The van der Waals surface area contributed by atoms with Gasteiger partial charge in [0.15, 0.2) is 5.60 Å². The van der Waals surface area contributed by atoms with Crippen LogP contribution in [0.4, 0.5) is 18.9 Å². The first-order valence-corrected chi connectivity index (χ1v) is 11.7. The fourth-order valence-corrected chi connectivity index (χ4v) is 5.57. The average molecular weight is 483 g/mol. The van der Waals surface area contributed by atoms with E-state index in [-0.39, 0.29) is 24.0 Å². The van der Waals surface area contributed by atoms with Gasteiger partial charge in [-0.25, -0.2) is 9.07 Å². The molecule has 3 aromatic rings. The summed E-state index contributed by atoms with van der Waals surface area (Å²) in [6.07, 6.45) is 6.37. The summed E-state index contributed by atoms with van der Waals surface area (Å²) < 4.78 is 47.2. The number of amides is 1. The summed E-state index contributed by atoms with van der Waals surface area (Å²) in [7, 11) is 0. The van der Waals surface area contributed by atoms with Crippen molar-refractivity contribution in [2.45, 2.75) is 50.1 Å². The van der Waals surface area contributed by atoms with E-state index in [0.29, 0.717) is 60.3 Å². The number of piperidine rings is 1. The first-order valence-electron chi connectivity index (χ1n) is 11.7. The quantitative estimate of drug-likeness (QED) is 0.545. The van der Waals surface area contributed by atoms with Crippen molar-refractivity contribution in [3.63, 3.8) is 0 Å². The maximum absolute atomic E-state index is 14.5. The predicted molar refractivity (Wildman–Crippen MR) is 121 cm³/mol. The number of benzene rings is 1. The van der Waals surface area contributed by atoms with Gasteiger partial charge in [-0.3, -0.25) is 9.78 Å². The van der Waals surface area contributed by atoms with Crippen LogP contribution in [0.15, 0.2) is 55.0 Å². The summed E-state index contributed by atoms with van der Waals surface area (Å²) in [5.41, 5.74) is 1.61. The normalized spacial score (nSPS) is 23.5. The smallest absolute Gasteiger partial charge is 0.333 e. The van der Waals surface area contributed by atoms with E-state index in [4.69, 9.17) is 4.74 Å². The summed E-state index contributed by atoms with van der Waals surface area (Å²) in [6.45, 7) is -1.52. The van der Waals surface area contributed by atoms with Crippen LogP contribution in [0.5, 0.6) is 0 Å². The lowest BCUT2D eigenvalue weighted by molar-refractivity contribution is -0.140. The third-order valence-electron chi connectivity index (χ3n) is 7.36. The van der Waals surface area contributed by atoms with Gasteiger partial charge in [0, 0.05) is 55.1 Å². The Bertz CT molecular complexity index is 1260. The van der Waals surface area contributed by atoms with Crippen LogP contribution >= 0.6 is 0 Å². The van der Waals surface area contributed by atoms with Crippen molar-refractivity contribution in [2.75, 3.05) is 18.0 Å². The third-order valence-corrected chi connectivity index (χ3v) is 7.36. The number of hydrogen-bond acceptors (Lipinski definition) is 5. The van der Waals surface area contributed by atoms with Gasteiger partial charge in [-0.15, -0.1) is 0 Å². The zero-order valence-corrected chi connectivity index (χ0v) is 18.9. The number of aromatic nitrogens is 3. The molecule has 2 atom stereocenters. The molecule has 2 aromatic heterocycles. The van der Waals surface area contributed by atoms with Gasteiger partial charge in [0.1, 0.15) is 12.0 Å². The first-order chi connectivity index (χ1) is 16.9. The number of nitrogens with zero attached hydrogens (tertiary/aromatic N) is 5. The van der Waals surface area contributed by atoms with Gasteiger partial charge in [-0.2, -0.15) is 13.9 Å². The van der Waals surface area contributed by atoms with Crippen molar-refractivity contribution >= 4 is 11.6 Å². The van der Waals surface area contributed by atoms with Crippen LogP contribution in [0.25, 0.3) is 11.3 Å². The predicted octanol–water partition coefficient (Wildman–Crippen LogP) is 4.54. The van der Waals surface area contributed by atoms with Gasteiger partial charge in [0.2, 0.25) is 0 Å². The van der Waals surface area contributed by atoms with Crippen LogP contribution < -0.4 is 4.90 Å². The SMILES string of the molecule is O=C1N2[C@@H](CC[C@H]2c2ccccc2F)OC12CCN(c1ccnc(-c3cnn(C(F)F)c3)c1)CC2. The van der Waals surface area contributed by atoms with E-state index in [1.54, 1.807) is 29.3 Å². The second-order valence-electron chi connectivity index (χ2n) is 9.27. The molecule has 0 aliphatic carbocycles. The number of ether oxygens (including phenoxy) is 1. The number of alkyl halides is 2. The molecule has 1 amide bonds. The molecular formula is C25H24F3N5O2. The maximum atomic E-state index is 14.5. The van der Waals surface area contributed by atoms with E-state index >= 15 is 0 Å². The summed E-state index contributed by atoms with van der Waals surface area (Å²) in [4.78, 5) is 21.8. The Balaban J connectivity index is 1.17. The molecule has 182 valence electrons. The molecule has 1 aromatic carbocycles. The zero-order valence-electron chi connectivity index (χ0n) is 18.9. The summed E-state index contributed by atoms with van der Waals surface area (Å²) in [6, 6.07) is 10.0. The van der Waals surface area contributed by atoms with E-state index < -0.39 is 12.2 Å². The highest BCUT2D eigenvalue weighted by Crippen LogP contribution is 2.48. The van der Waals surface area contributed by atoms with Gasteiger partial charge in [0.25, 0.3) is 5.91 Å². The van der Waals surface area contributed by atoms with Gasteiger partial charge in [-0.1, -0.05) is 18.2 Å². The number of carbonyl (C=O) groups excluding carboxylic acids is 1. The van der Waals surface area contributed by atoms with Crippen molar-refractivity contribution in [2.24, 2.45) is 0 Å². The number of pyridine rings is 1. The minimum absolute atomic E-state index is 0.0530. The zero-order chi connectivity index (χ0) is 24.2. The number of fused-ring (bicyclic) bond motifs is 1. The molecule has 7 nitrogen and oxygen atoms in total. The molecule has 3 saturated heterocycles. The standard InChI is InChI=1S/C25H24F3N5O2/c26-19-4-2-1-3-18(19)21-5-6-22-33(21)23(34)25(35-22)8-11-31(12-9-25)17-7-10-29-20(13-17)16-14-30-32(15-16)24(27)28/h1-4,7,10,13-15,21-22,24H,5-6,8-9,11-12H2/t21-,22+/m0/s1. The Labute approximate surface area is 200 Å². The lowest BCUT2D eigenvalue weighted by Gasteiger charge is -2.38.